The highest BCUT2D eigenvalue weighted by atomic mass is 35.5. The van der Waals surface area contributed by atoms with Crippen LogP contribution >= 0.6 is 23.2 Å². The minimum atomic E-state index is -0.0844. The lowest BCUT2D eigenvalue weighted by Gasteiger charge is -2.20. The van der Waals surface area contributed by atoms with Gasteiger partial charge in [0.25, 0.3) is 0 Å². The minimum Gasteiger partial charge on any atom is -0.454 e. The van der Waals surface area contributed by atoms with Crippen LogP contribution in [0.1, 0.15) is 28.8 Å². The van der Waals surface area contributed by atoms with Crippen molar-refractivity contribution >= 4 is 29.0 Å². The largest absolute Gasteiger partial charge is 0.454 e. The first-order valence-electron chi connectivity index (χ1n) is 8.93. The summed E-state index contributed by atoms with van der Waals surface area (Å²) in [5, 5.41) is 4.99. The van der Waals surface area contributed by atoms with Gasteiger partial charge in [-0.1, -0.05) is 47.5 Å². The molecule has 0 aliphatic carbocycles. The summed E-state index contributed by atoms with van der Waals surface area (Å²) >= 11 is 12.2. The van der Waals surface area contributed by atoms with E-state index in [1.165, 1.54) is 0 Å². The molecule has 1 N–H and O–H groups in total. The number of hydrogen-bond donors (Lipinski definition) is 1. The standard InChI is InChI=1S/C22H16Cl2N2O2/c23-16-6-1-13(2-7-16)20-21(14-3-8-17(24)9-4-14)26-22(25-20)15-5-10-18-19(11-15)28-12-27-18/h1-11,20-21H,12H2,(H,25,26). The fourth-order valence-corrected chi connectivity index (χ4v) is 3.79. The molecule has 5 rings (SSSR count). The number of nitrogens with zero attached hydrogens (tertiary/aromatic N) is 1. The second-order valence-electron chi connectivity index (χ2n) is 6.72. The van der Waals surface area contributed by atoms with E-state index in [1.54, 1.807) is 0 Å². The molecule has 28 heavy (non-hydrogen) atoms. The van der Waals surface area contributed by atoms with Gasteiger partial charge in [-0.3, -0.25) is 4.99 Å². The van der Waals surface area contributed by atoms with Crippen molar-refractivity contribution in [2.24, 2.45) is 4.99 Å². The molecule has 0 aromatic heterocycles. The van der Waals surface area contributed by atoms with Crippen LogP contribution in [-0.4, -0.2) is 12.6 Å². The molecule has 140 valence electrons. The Kier molecular flexibility index (Phi) is 4.38. The van der Waals surface area contributed by atoms with E-state index in [-0.39, 0.29) is 18.9 Å². The van der Waals surface area contributed by atoms with E-state index in [0.29, 0.717) is 10.0 Å². The molecule has 3 aromatic carbocycles. The number of amidine groups is 1. The van der Waals surface area contributed by atoms with Crippen molar-refractivity contribution < 1.29 is 9.47 Å². The van der Waals surface area contributed by atoms with E-state index in [9.17, 15) is 0 Å². The number of halogens is 2. The maximum absolute atomic E-state index is 6.08. The zero-order valence-corrected chi connectivity index (χ0v) is 16.2. The smallest absolute Gasteiger partial charge is 0.231 e. The van der Waals surface area contributed by atoms with Gasteiger partial charge in [0, 0.05) is 15.6 Å². The molecular formula is C22H16Cl2N2O2. The van der Waals surface area contributed by atoms with Crippen molar-refractivity contribution in [1.82, 2.24) is 5.32 Å². The summed E-state index contributed by atoms with van der Waals surface area (Å²) in [6.07, 6.45) is 0. The molecule has 3 aromatic rings. The Morgan fingerprint density at radius 3 is 2.14 bits per heavy atom. The number of ether oxygens (including phenoxy) is 2. The van der Waals surface area contributed by atoms with Gasteiger partial charge in [-0.25, -0.2) is 0 Å². The van der Waals surface area contributed by atoms with Crippen LogP contribution in [0, 0.1) is 0 Å². The molecule has 2 aliphatic rings. The zero-order valence-electron chi connectivity index (χ0n) is 14.7. The quantitative estimate of drug-likeness (QED) is 0.614. The molecule has 2 heterocycles. The van der Waals surface area contributed by atoms with Crippen molar-refractivity contribution in [3.05, 3.63) is 93.5 Å². The average Bonchev–Trinajstić information content (AvgIpc) is 3.36. The Hall–Kier alpha value is -2.69. The normalized spacial score (nSPS) is 20.0. The Bertz CT molecular complexity index is 1050. The van der Waals surface area contributed by atoms with Crippen LogP contribution in [0.5, 0.6) is 11.5 Å². The summed E-state index contributed by atoms with van der Waals surface area (Å²) in [5.74, 6) is 2.31. The lowest BCUT2D eigenvalue weighted by molar-refractivity contribution is 0.174. The third-order valence-electron chi connectivity index (χ3n) is 4.96. The Balaban J connectivity index is 1.54. The van der Waals surface area contributed by atoms with Gasteiger partial charge in [-0.2, -0.15) is 0 Å². The SMILES string of the molecule is Clc1ccc(C2N=C(c3ccc4c(c3)OCO4)NC2c2ccc(Cl)cc2)cc1. The highest BCUT2D eigenvalue weighted by Crippen LogP contribution is 2.39. The third-order valence-corrected chi connectivity index (χ3v) is 5.47. The number of nitrogens with one attached hydrogen (secondary N) is 1. The lowest BCUT2D eigenvalue weighted by Crippen LogP contribution is -2.25. The molecule has 0 saturated carbocycles. The van der Waals surface area contributed by atoms with E-state index < -0.39 is 0 Å². The monoisotopic (exact) mass is 410 g/mol. The van der Waals surface area contributed by atoms with E-state index in [0.717, 1.165) is 34.0 Å². The van der Waals surface area contributed by atoms with Crippen molar-refractivity contribution in [3.8, 4) is 11.5 Å². The third kappa shape index (κ3) is 3.19. The summed E-state index contributed by atoms with van der Waals surface area (Å²) in [4.78, 5) is 5.00. The van der Waals surface area contributed by atoms with Crippen LogP contribution in [0.2, 0.25) is 10.0 Å². The first-order chi connectivity index (χ1) is 13.7. The van der Waals surface area contributed by atoms with Crippen molar-refractivity contribution in [1.29, 1.82) is 0 Å². The number of rotatable bonds is 3. The maximum atomic E-state index is 6.08. The molecule has 0 radical (unpaired) electrons. The zero-order chi connectivity index (χ0) is 19.1. The summed E-state index contributed by atoms with van der Waals surface area (Å²) < 4.78 is 10.9. The highest BCUT2D eigenvalue weighted by molar-refractivity contribution is 6.30. The fraction of sp³-hybridized carbons (Fsp3) is 0.136. The molecule has 0 fully saturated rings. The molecule has 4 nitrogen and oxygen atoms in total. The summed E-state index contributed by atoms with van der Waals surface area (Å²) in [6.45, 7) is 0.249. The van der Waals surface area contributed by atoms with Gasteiger partial charge in [0.2, 0.25) is 6.79 Å². The van der Waals surface area contributed by atoms with E-state index >= 15 is 0 Å². The fourth-order valence-electron chi connectivity index (χ4n) is 3.54. The number of benzene rings is 3. The van der Waals surface area contributed by atoms with Gasteiger partial charge in [0.15, 0.2) is 11.5 Å². The summed E-state index contributed by atoms with van der Waals surface area (Å²) in [6, 6.07) is 21.4. The van der Waals surface area contributed by atoms with Crippen LogP contribution in [-0.2, 0) is 0 Å². The Morgan fingerprint density at radius 1 is 0.786 bits per heavy atom. The second kappa shape index (κ2) is 7.04. The van der Waals surface area contributed by atoms with Gasteiger partial charge in [-0.15, -0.1) is 0 Å². The van der Waals surface area contributed by atoms with Crippen LogP contribution in [0.25, 0.3) is 0 Å². The van der Waals surface area contributed by atoms with E-state index in [4.69, 9.17) is 37.7 Å². The molecule has 6 heteroatoms. The van der Waals surface area contributed by atoms with Crippen molar-refractivity contribution in [3.63, 3.8) is 0 Å². The molecule has 0 bridgehead atoms. The van der Waals surface area contributed by atoms with Gasteiger partial charge in [-0.05, 0) is 53.6 Å². The molecule has 0 spiro atoms. The molecular weight excluding hydrogens is 395 g/mol. The van der Waals surface area contributed by atoms with Crippen LogP contribution in [0.3, 0.4) is 0 Å². The number of aliphatic imine (C=N–C) groups is 1. The van der Waals surface area contributed by atoms with Gasteiger partial charge in [0.05, 0.1) is 6.04 Å². The Morgan fingerprint density at radius 2 is 1.43 bits per heavy atom. The molecule has 0 saturated heterocycles. The molecule has 2 atom stereocenters. The first kappa shape index (κ1) is 17.4. The first-order valence-corrected chi connectivity index (χ1v) is 9.68. The molecule has 2 aliphatic heterocycles. The average molecular weight is 411 g/mol. The maximum Gasteiger partial charge on any atom is 0.231 e. The molecule has 2 unspecified atom stereocenters. The van der Waals surface area contributed by atoms with Crippen LogP contribution in [0.4, 0.5) is 0 Å². The topological polar surface area (TPSA) is 42.9 Å². The Labute approximate surface area is 172 Å². The van der Waals surface area contributed by atoms with Gasteiger partial charge in [0.1, 0.15) is 11.9 Å². The van der Waals surface area contributed by atoms with Crippen molar-refractivity contribution in [2.75, 3.05) is 6.79 Å². The van der Waals surface area contributed by atoms with Gasteiger partial charge < -0.3 is 14.8 Å². The predicted octanol–water partition coefficient (Wildman–Crippen LogP) is 5.55. The minimum absolute atomic E-state index is 0.0149. The van der Waals surface area contributed by atoms with Crippen molar-refractivity contribution in [2.45, 2.75) is 12.1 Å². The highest BCUT2D eigenvalue weighted by Gasteiger charge is 2.32. The number of fused-ring (bicyclic) bond motifs is 1. The van der Waals surface area contributed by atoms with Gasteiger partial charge >= 0.3 is 0 Å². The predicted molar refractivity (Wildman–Crippen MR) is 111 cm³/mol. The summed E-state index contributed by atoms with van der Waals surface area (Å²) in [5.41, 5.74) is 3.16. The number of hydrogen-bond acceptors (Lipinski definition) is 4. The second-order valence-corrected chi connectivity index (χ2v) is 7.59. The van der Waals surface area contributed by atoms with Crippen LogP contribution < -0.4 is 14.8 Å². The van der Waals surface area contributed by atoms with E-state index in [2.05, 4.69) is 5.32 Å². The van der Waals surface area contributed by atoms with E-state index in [1.807, 2.05) is 66.7 Å². The van der Waals surface area contributed by atoms with Crippen LogP contribution in [0.15, 0.2) is 71.7 Å². The lowest BCUT2D eigenvalue weighted by atomic mass is 9.95. The molecule has 0 amide bonds. The summed E-state index contributed by atoms with van der Waals surface area (Å²) in [7, 11) is 0.